The Balaban J connectivity index is 1.29. The van der Waals surface area contributed by atoms with E-state index in [4.69, 9.17) is 14.5 Å². The lowest BCUT2D eigenvalue weighted by Gasteiger charge is -2.27. The lowest BCUT2D eigenvalue weighted by atomic mass is 10.2. The Kier molecular flexibility index (Phi) is 5.66. The van der Waals surface area contributed by atoms with Crippen LogP contribution in [0.25, 0.3) is 16.7 Å². The number of benzene rings is 1. The van der Waals surface area contributed by atoms with Gasteiger partial charge < -0.3 is 19.7 Å². The van der Waals surface area contributed by atoms with Gasteiger partial charge in [0, 0.05) is 43.7 Å². The minimum absolute atomic E-state index is 0.439. The summed E-state index contributed by atoms with van der Waals surface area (Å²) in [6.07, 6.45) is 4.86. The number of aromatic nitrogens is 6. The van der Waals surface area contributed by atoms with Crippen molar-refractivity contribution in [1.29, 1.82) is 0 Å². The van der Waals surface area contributed by atoms with E-state index in [1.54, 1.807) is 4.52 Å². The lowest BCUT2D eigenvalue weighted by Crippen LogP contribution is -2.37. The highest BCUT2D eigenvalue weighted by Crippen LogP contribution is 2.34. The van der Waals surface area contributed by atoms with Crippen LogP contribution in [-0.4, -0.2) is 55.9 Å². The van der Waals surface area contributed by atoms with Crippen molar-refractivity contribution in [1.82, 2.24) is 34.9 Å². The van der Waals surface area contributed by atoms with E-state index in [9.17, 15) is 0 Å². The molecule has 1 aliphatic heterocycles. The second kappa shape index (κ2) is 9.27. The van der Waals surface area contributed by atoms with Crippen LogP contribution in [0, 0.1) is 6.92 Å². The van der Waals surface area contributed by atoms with Crippen LogP contribution in [-0.2, 0) is 0 Å². The second-order valence-corrected chi connectivity index (χ2v) is 8.40. The quantitative estimate of drug-likeness (QED) is 0.384. The molecule has 11 heteroatoms. The van der Waals surface area contributed by atoms with Gasteiger partial charge in [-0.3, -0.25) is 5.32 Å². The summed E-state index contributed by atoms with van der Waals surface area (Å²) in [7, 11) is 0. The fraction of sp³-hybridized carbons (Fsp3) is 0.240. The third-order valence-electron chi connectivity index (χ3n) is 6.04. The first-order chi connectivity index (χ1) is 17.7. The molecule has 5 aromatic rings. The van der Waals surface area contributed by atoms with E-state index >= 15 is 0 Å². The Labute approximate surface area is 207 Å². The Morgan fingerprint density at radius 1 is 1.11 bits per heavy atom. The predicted molar refractivity (Wildman–Crippen MR) is 136 cm³/mol. The standard InChI is InChI=1S/C25H25N9O2/c1-3-33-9-7-26-15-35-21-12-19-23(32-25(21)33)24(29-13-27-19)31-17-4-5-20(16(2)10-17)36-18-6-8-34-22(11-18)28-14-30-34/h4-6,8,10-14,26H,3,7,9,15H2,1-2H3,(H,27,29,31). The van der Waals surface area contributed by atoms with Crippen molar-refractivity contribution >= 4 is 34.0 Å². The van der Waals surface area contributed by atoms with E-state index in [-0.39, 0.29) is 0 Å². The molecule has 0 saturated carbocycles. The van der Waals surface area contributed by atoms with Crippen molar-refractivity contribution in [2.45, 2.75) is 13.8 Å². The first-order valence-electron chi connectivity index (χ1n) is 11.8. The van der Waals surface area contributed by atoms with E-state index in [0.717, 1.165) is 48.1 Å². The van der Waals surface area contributed by atoms with Crippen LogP contribution in [0.15, 0.2) is 55.2 Å². The summed E-state index contributed by atoms with van der Waals surface area (Å²) in [6.45, 7) is 7.02. The fourth-order valence-electron chi connectivity index (χ4n) is 4.18. The van der Waals surface area contributed by atoms with E-state index in [0.29, 0.717) is 35.1 Å². The molecule has 0 saturated heterocycles. The van der Waals surface area contributed by atoms with Gasteiger partial charge in [0.05, 0.1) is 5.52 Å². The van der Waals surface area contributed by atoms with Gasteiger partial charge in [-0.1, -0.05) is 0 Å². The minimum Gasteiger partial charge on any atom is -0.474 e. The summed E-state index contributed by atoms with van der Waals surface area (Å²) in [4.78, 5) is 20.2. The van der Waals surface area contributed by atoms with Crippen molar-refractivity contribution in [3.8, 4) is 17.2 Å². The number of fused-ring (bicyclic) bond motifs is 3. The van der Waals surface area contributed by atoms with Crippen LogP contribution in [0.3, 0.4) is 0 Å². The van der Waals surface area contributed by atoms with Crippen molar-refractivity contribution in [2.24, 2.45) is 0 Å². The van der Waals surface area contributed by atoms with Crippen molar-refractivity contribution in [2.75, 3.05) is 36.6 Å². The number of aryl methyl sites for hydroxylation is 1. The Hall–Kier alpha value is -4.51. The number of anilines is 3. The zero-order valence-corrected chi connectivity index (χ0v) is 20.0. The monoisotopic (exact) mass is 483 g/mol. The molecular formula is C25H25N9O2. The van der Waals surface area contributed by atoms with E-state index in [1.165, 1.54) is 12.7 Å². The third-order valence-corrected chi connectivity index (χ3v) is 6.04. The Bertz CT molecular complexity index is 1550. The van der Waals surface area contributed by atoms with Crippen molar-refractivity contribution in [3.05, 3.63) is 60.8 Å². The maximum Gasteiger partial charge on any atom is 0.172 e. The molecule has 0 radical (unpaired) electrons. The summed E-state index contributed by atoms with van der Waals surface area (Å²) in [5.41, 5.74) is 3.96. The number of rotatable bonds is 5. The molecule has 0 spiro atoms. The Morgan fingerprint density at radius 3 is 2.94 bits per heavy atom. The van der Waals surface area contributed by atoms with Crippen molar-refractivity contribution < 1.29 is 9.47 Å². The zero-order chi connectivity index (χ0) is 24.5. The Morgan fingerprint density at radius 2 is 2.06 bits per heavy atom. The van der Waals surface area contributed by atoms with Gasteiger partial charge in [0.15, 0.2) is 23.0 Å². The highest BCUT2D eigenvalue weighted by molar-refractivity contribution is 5.90. The molecule has 0 fully saturated rings. The molecule has 182 valence electrons. The molecule has 1 aromatic carbocycles. The maximum atomic E-state index is 6.10. The number of ether oxygens (including phenoxy) is 2. The number of nitrogens with zero attached hydrogens (tertiary/aromatic N) is 7. The van der Waals surface area contributed by atoms with E-state index in [1.807, 2.05) is 49.5 Å². The molecule has 36 heavy (non-hydrogen) atoms. The topological polar surface area (TPSA) is 115 Å². The minimum atomic E-state index is 0.439. The van der Waals surface area contributed by atoms with Crippen LogP contribution in [0.5, 0.6) is 17.2 Å². The number of hydrogen-bond acceptors (Lipinski definition) is 10. The van der Waals surface area contributed by atoms with Gasteiger partial charge in [0.1, 0.15) is 36.4 Å². The SMILES string of the molecule is CCN1CCNCOc2cc3ncnc(Nc4ccc(Oc5ccn6ncnc6c5)c(C)c4)c3nc21. The molecule has 0 bridgehead atoms. The molecule has 2 N–H and O–H groups in total. The molecule has 0 amide bonds. The fourth-order valence-corrected chi connectivity index (χ4v) is 4.18. The summed E-state index contributed by atoms with van der Waals surface area (Å²) in [5, 5.41) is 10.8. The molecule has 5 heterocycles. The average molecular weight is 484 g/mol. The third kappa shape index (κ3) is 4.20. The van der Waals surface area contributed by atoms with Gasteiger partial charge in [0.25, 0.3) is 0 Å². The zero-order valence-electron chi connectivity index (χ0n) is 20.0. The lowest BCUT2D eigenvalue weighted by molar-refractivity contribution is 0.279. The molecule has 0 unspecified atom stereocenters. The van der Waals surface area contributed by atoms with Crippen LogP contribution in [0.2, 0.25) is 0 Å². The number of pyridine rings is 2. The number of nitrogens with one attached hydrogen (secondary N) is 2. The van der Waals surface area contributed by atoms with Gasteiger partial charge in [-0.15, -0.1) is 0 Å². The van der Waals surface area contributed by atoms with E-state index < -0.39 is 0 Å². The highest BCUT2D eigenvalue weighted by Gasteiger charge is 2.19. The molecule has 4 aromatic heterocycles. The largest absolute Gasteiger partial charge is 0.474 e. The van der Waals surface area contributed by atoms with Gasteiger partial charge in [-0.05, 0) is 43.7 Å². The normalized spacial score (nSPS) is 13.7. The van der Waals surface area contributed by atoms with Gasteiger partial charge in [-0.25, -0.2) is 24.5 Å². The smallest absolute Gasteiger partial charge is 0.172 e. The summed E-state index contributed by atoms with van der Waals surface area (Å²) < 4.78 is 13.7. The highest BCUT2D eigenvalue weighted by atomic mass is 16.5. The molecule has 6 rings (SSSR count). The summed E-state index contributed by atoms with van der Waals surface area (Å²) in [5.74, 6) is 3.58. The predicted octanol–water partition coefficient (Wildman–Crippen LogP) is 3.68. The molecule has 0 atom stereocenters. The molecular weight excluding hydrogens is 458 g/mol. The first kappa shape index (κ1) is 22.0. The van der Waals surface area contributed by atoms with Gasteiger partial charge in [0.2, 0.25) is 0 Å². The van der Waals surface area contributed by atoms with Crippen LogP contribution in [0.4, 0.5) is 17.3 Å². The first-order valence-corrected chi connectivity index (χ1v) is 11.8. The number of hydrogen-bond donors (Lipinski definition) is 2. The maximum absolute atomic E-state index is 6.10. The molecule has 1 aliphatic rings. The average Bonchev–Trinajstić information content (AvgIpc) is 3.34. The van der Waals surface area contributed by atoms with Gasteiger partial charge >= 0.3 is 0 Å². The molecule has 0 aliphatic carbocycles. The second-order valence-electron chi connectivity index (χ2n) is 8.40. The van der Waals surface area contributed by atoms with Crippen LogP contribution >= 0.6 is 0 Å². The van der Waals surface area contributed by atoms with Crippen LogP contribution in [0.1, 0.15) is 12.5 Å². The van der Waals surface area contributed by atoms with Gasteiger partial charge in [-0.2, -0.15) is 5.10 Å². The van der Waals surface area contributed by atoms with E-state index in [2.05, 4.69) is 42.5 Å². The summed E-state index contributed by atoms with van der Waals surface area (Å²) in [6, 6.07) is 11.5. The van der Waals surface area contributed by atoms with Crippen molar-refractivity contribution in [3.63, 3.8) is 0 Å². The van der Waals surface area contributed by atoms with Crippen LogP contribution < -0.4 is 25.0 Å². The molecule has 11 nitrogen and oxygen atoms in total. The number of likely N-dealkylation sites (N-methyl/N-ethyl adjacent to an activating group) is 1. The summed E-state index contributed by atoms with van der Waals surface area (Å²) >= 11 is 0.